The van der Waals surface area contributed by atoms with Crippen LogP contribution in [0, 0.1) is 0 Å². The molecule has 31 heavy (non-hydrogen) atoms. The number of aromatic nitrogens is 1. The van der Waals surface area contributed by atoms with Gasteiger partial charge in [-0.1, -0.05) is 78.9 Å². The van der Waals surface area contributed by atoms with Crippen molar-refractivity contribution in [2.75, 3.05) is 7.11 Å². The van der Waals surface area contributed by atoms with Gasteiger partial charge in [0, 0.05) is 21.9 Å². The van der Waals surface area contributed by atoms with Gasteiger partial charge < -0.3 is 9.14 Å². The predicted molar refractivity (Wildman–Crippen MR) is 126 cm³/mol. The number of hydrogen-bond acceptors (Lipinski definition) is 2. The number of carbonyl (C=O) groups excluding carboxylic acids is 1. The largest absolute Gasteiger partial charge is 0.465 e. The minimum Gasteiger partial charge on any atom is -0.465 e. The molecule has 6 rings (SSSR count). The first kappa shape index (κ1) is 17.7. The maximum Gasteiger partial charge on any atom is 0.340 e. The number of ether oxygens (including phenoxy) is 1. The molecule has 0 saturated heterocycles. The third-order valence-corrected chi connectivity index (χ3v) is 6.07. The van der Waals surface area contributed by atoms with Crippen LogP contribution in [0.15, 0.2) is 97.1 Å². The van der Waals surface area contributed by atoms with Gasteiger partial charge in [0.1, 0.15) is 0 Å². The molecule has 0 atom stereocenters. The Balaban J connectivity index is 1.86. The SMILES string of the molecule is COC(=O)c1c(-c2ccccc2)c2ccc3c(-c4ccccc4)cc4cccc1n4c32. The molecule has 3 heterocycles. The van der Waals surface area contributed by atoms with Gasteiger partial charge >= 0.3 is 5.97 Å². The lowest BCUT2D eigenvalue weighted by Crippen LogP contribution is -2.09. The number of pyridine rings is 3. The molecule has 0 bridgehead atoms. The van der Waals surface area contributed by atoms with E-state index in [1.54, 1.807) is 0 Å². The number of methoxy groups -OCH3 is 1. The zero-order chi connectivity index (χ0) is 20.9. The Morgan fingerprint density at radius 1 is 0.742 bits per heavy atom. The average molecular weight is 401 g/mol. The van der Waals surface area contributed by atoms with Gasteiger partial charge in [0.25, 0.3) is 0 Å². The zero-order valence-corrected chi connectivity index (χ0v) is 17.0. The van der Waals surface area contributed by atoms with E-state index in [1.165, 1.54) is 23.6 Å². The van der Waals surface area contributed by atoms with Crippen LogP contribution in [0.3, 0.4) is 0 Å². The molecule has 6 aromatic rings. The minimum absolute atomic E-state index is 0.328. The van der Waals surface area contributed by atoms with Crippen molar-refractivity contribution in [3.8, 4) is 22.3 Å². The highest BCUT2D eigenvalue weighted by atomic mass is 16.5. The zero-order valence-electron chi connectivity index (χ0n) is 17.0. The molecule has 0 saturated carbocycles. The number of rotatable bonds is 3. The van der Waals surface area contributed by atoms with Crippen LogP contribution in [0.5, 0.6) is 0 Å². The average Bonchev–Trinajstić information content (AvgIpc) is 3.28. The van der Waals surface area contributed by atoms with Gasteiger partial charge in [0.05, 0.1) is 23.7 Å². The van der Waals surface area contributed by atoms with E-state index >= 15 is 0 Å². The number of nitrogens with zero attached hydrogens (tertiary/aromatic N) is 1. The molecule has 0 radical (unpaired) electrons. The summed E-state index contributed by atoms with van der Waals surface area (Å²) in [6, 6.07) is 33.1. The molecule has 0 aliphatic rings. The Hall–Kier alpha value is -4.11. The third kappa shape index (κ3) is 2.50. The summed E-state index contributed by atoms with van der Waals surface area (Å²) in [5.41, 5.74) is 7.90. The number of hydrogen-bond donors (Lipinski definition) is 0. The van der Waals surface area contributed by atoms with Gasteiger partial charge in [-0.3, -0.25) is 0 Å². The highest BCUT2D eigenvalue weighted by Crippen LogP contribution is 2.42. The Morgan fingerprint density at radius 2 is 1.42 bits per heavy atom. The Labute approximate surface area is 179 Å². The van der Waals surface area contributed by atoms with Crippen LogP contribution in [0.1, 0.15) is 10.4 Å². The second-order valence-corrected chi connectivity index (χ2v) is 7.71. The lowest BCUT2D eigenvalue weighted by Gasteiger charge is -2.19. The molecule has 0 aliphatic carbocycles. The Morgan fingerprint density at radius 3 is 2.13 bits per heavy atom. The number of esters is 1. The van der Waals surface area contributed by atoms with E-state index in [4.69, 9.17) is 4.74 Å². The van der Waals surface area contributed by atoms with E-state index in [1.807, 2.05) is 48.5 Å². The smallest absolute Gasteiger partial charge is 0.340 e. The second kappa shape index (κ2) is 6.71. The van der Waals surface area contributed by atoms with E-state index in [2.05, 4.69) is 52.9 Å². The van der Waals surface area contributed by atoms with E-state index in [-0.39, 0.29) is 5.97 Å². The van der Waals surface area contributed by atoms with Crippen LogP contribution in [-0.4, -0.2) is 17.5 Å². The fourth-order valence-corrected chi connectivity index (χ4v) is 4.77. The van der Waals surface area contributed by atoms with Crippen LogP contribution in [0.4, 0.5) is 0 Å². The van der Waals surface area contributed by atoms with Gasteiger partial charge in [-0.15, -0.1) is 0 Å². The summed E-state index contributed by atoms with van der Waals surface area (Å²) in [6.07, 6.45) is 0. The molecule has 3 aromatic carbocycles. The maximum absolute atomic E-state index is 13.0. The van der Waals surface area contributed by atoms with E-state index in [0.717, 1.165) is 33.1 Å². The third-order valence-electron chi connectivity index (χ3n) is 6.07. The van der Waals surface area contributed by atoms with Crippen LogP contribution < -0.4 is 0 Å². The first-order valence-electron chi connectivity index (χ1n) is 10.3. The molecule has 3 nitrogen and oxygen atoms in total. The van der Waals surface area contributed by atoms with Crippen LogP contribution in [0.2, 0.25) is 0 Å². The predicted octanol–water partition coefficient (Wildman–Crippen LogP) is 6.80. The molecule has 0 N–H and O–H groups in total. The van der Waals surface area contributed by atoms with Crippen molar-refractivity contribution in [1.29, 1.82) is 0 Å². The van der Waals surface area contributed by atoms with Gasteiger partial charge in [-0.05, 0) is 34.9 Å². The van der Waals surface area contributed by atoms with Crippen molar-refractivity contribution in [1.82, 2.24) is 4.40 Å². The summed E-state index contributed by atoms with van der Waals surface area (Å²) in [4.78, 5) is 13.0. The second-order valence-electron chi connectivity index (χ2n) is 7.71. The van der Waals surface area contributed by atoms with Crippen molar-refractivity contribution in [3.05, 3.63) is 103 Å². The van der Waals surface area contributed by atoms with Crippen molar-refractivity contribution in [2.24, 2.45) is 0 Å². The molecular formula is C28H19NO2. The van der Waals surface area contributed by atoms with Gasteiger partial charge in [-0.25, -0.2) is 4.79 Å². The Kier molecular flexibility index (Phi) is 3.84. The summed E-state index contributed by atoms with van der Waals surface area (Å²) in [7, 11) is 1.44. The molecule has 148 valence electrons. The van der Waals surface area contributed by atoms with Gasteiger partial charge in [-0.2, -0.15) is 0 Å². The summed E-state index contributed by atoms with van der Waals surface area (Å²) >= 11 is 0. The molecule has 0 amide bonds. The first-order valence-corrected chi connectivity index (χ1v) is 10.3. The molecule has 3 heteroatoms. The van der Waals surface area contributed by atoms with Crippen molar-refractivity contribution < 1.29 is 9.53 Å². The minimum atomic E-state index is -0.328. The summed E-state index contributed by atoms with van der Waals surface area (Å²) in [5, 5.41) is 2.22. The molecule has 0 aliphatic heterocycles. The van der Waals surface area contributed by atoms with Crippen molar-refractivity contribution >= 4 is 33.3 Å². The van der Waals surface area contributed by atoms with Crippen molar-refractivity contribution in [2.45, 2.75) is 0 Å². The van der Waals surface area contributed by atoms with Crippen LogP contribution in [-0.2, 0) is 4.74 Å². The standard InChI is InChI=1S/C28H19NO2/c1-31-28(30)26-24-14-8-13-20-17-23(18-9-4-2-5-10-18)21-15-16-22(27(21)29(20)24)25(26)19-11-6-3-7-12-19/h2-17H,1H3. The normalized spacial score (nSPS) is 11.5. The lowest BCUT2D eigenvalue weighted by atomic mass is 9.94. The topological polar surface area (TPSA) is 30.7 Å². The number of carbonyl (C=O) groups is 1. The molecule has 0 unspecified atom stereocenters. The van der Waals surface area contributed by atoms with Crippen molar-refractivity contribution in [3.63, 3.8) is 0 Å². The molecule has 3 aromatic heterocycles. The number of benzene rings is 2. The fraction of sp³-hybridized carbons (Fsp3) is 0.0357. The highest BCUT2D eigenvalue weighted by molar-refractivity contribution is 6.19. The van der Waals surface area contributed by atoms with Crippen LogP contribution >= 0.6 is 0 Å². The summed E-state index contributed by atoms with van der Waals surface area (Å²) < 4.78 is 7.43. The van der Waals surface area contributed by atoms with Crippen LogP contribution in [0.25, 0.3) is 49.6 Å². The first-order chi connectivity index (χ1) is 15.3. The summed E-state index contributed by atoms with van der Waals surface area (Å²) in [6.45, 7) is 0. The Bertz CT molecular complexity index is 1560. The fourth-order valence-electron chi connectivity index (χ4n) is 4.77. The monoisotopic (exact) mass is 401 g/mol. The van der Waals surface area contributed by atoms with E-state index in [9.17, 15) is 4.79 Å². The van der Waals surface area contributed by atoms with E-state index in [0.29, 0.717) is 5.56 Å². The van der Waals surface area contributed by atoms with Gasteiger partial charge in [0.2, 0.25) is 0 Å². The molecule has 0 fully saturated rings. The molecular weight excluding hydrogens is 382 g/mol. The summed E-state index contributed by atoms with van der Waals surface area (Å²) in [5.74, 6) is -0.328. The van der Waals surface area contributed by atoms with E-state index < -0.39 is 0 Å². The molecule has 0 spiro atoms. The quantitative estimate of drug-likeness (QED) is 0.305. The van der Waals surface area contributed by atoms with Gasteiger partial charge in [0.15, 0.2) is 0 Å². The highest BCUT2D eigenvalue weighted by Gasteiger charge is 2.25. The maximum atomic E-state index is 13.0. The lowest BCUT2D eigenvalue weighted by molar-refractivity contribution is 0.0603.